The lowest BCUT2D eigenvalue weighted by atomic mass is 9.93. The predicted molar refractivity (Wildman–Crippen MR) is 132 cm³/mol. The minimum atomic E-state index is -0.881. The molecule has 7 nitrogen and oxygen atoms in total. The van der Waals surface area contributed by atoms with Gasteiger partial charge in [-0.3, -0.25) is 9.59 Å². The molecular formula is C26H28Cl2N2O5. The van der Waals surface area contributed by atoms with Gasteiger partial charge in [0.1, 0.15) is 18.8 Å². The Labute approximate surface area is 214 Å². The average Bonchev–Trinajstić information content (AvgIpc) is 3.09. The van der Waals surface area contributed by atoms with Crippen LogP contribution in [-0.4, -0.2) is 63.1 Å². The summed E-state index contributed by atoms with van der Waals surface area (Å²) in [7, 11) is 1.54. The molecule has 1 N–H and O–H groups in total. The monoisotopic (exact) mass is 518 g/mol. The molecule has 0 bridgehead atoms. The van der Waals surface area contributed by atoms with Crippen LogP contribution < -0.4 is 14.7 Å². The van der Waals surface area contributed by atoms with Gasteiger partial charge < -0.3 is 24.4 Å². The molecule has 2 aromatic carbocycles. The van der Waals surface area contributed by atoms with Crippen LogP contribution in [0.1, 0.15) is 29.2 Å². The molecule has 0 aliphatic carbocycles. The summed E-state index contributed by atoms with van der Waals surface area (Å²) in [5.41, 5.74) is 1.41. The lowest BCUT2D eigenvalue weighted by Gasteiger charge is -2.29. The number of ketones is 1. The van der Waals surface area contributed by atoms with E-state index >= 15 is 0 Å². The van der Waals surface area contributed by atoms with E-state index in [0.717, 1.165) is 19.6 Å². The minimum absolute atomic E-state index is 0.0915. The maximum Gasteiger partial charge on any atom is 0.295 e. The van der Waals surface area contributed by atoms with Gasteiger partial charge >= 0.3 is 0 Å². The second kappa shape index (κ2) is 11.0. The Kier molecular flexibility index (Phi) is 8.02. The SMILES string of the molecule is COc1ccc(C([O-])=C2C(=O)C(=O)N(CCC[NH+]3CCOCC3)C2c2ccc(Cl)cc2Cl)c(C)c1. The zero-order chi connectivity index (χ0) is 25.1. The fraction of sp³-hybridized carbons (Fsp3) is 0.385. The highest BCUT2D eigenvalue weighted by molar-refractivity contribution is 6.47. The van der Waals surface area contributed by atoms with Gasteiger partial charge in [-0.25, -0.2) is 0 Å². The zero-order valence-electron chi connectivity index (χ0n) is 19.7. The van der Waals surface area contributed by atoms with Gasteiger partial charge in [-0.05, 0) is 47.9 Å². The average molecular weight is 519 g/mol. The van der Waals surface area contributed by atoms with E-state index in [1.165, 1.54) is 9.80 Å². The quantitative estimate of drug-likeness (QED) is 0.343. The summed E-state index contributed by atoms with van der Waals surface area (Å²) in [6.45, 7) is 6.18. The number of carbonyl (C=O) groups excluding carboxylic acids is 2. The standard InChI is InChI=1S/C26H28Cl2N2O5/c1-16-14-18(34-2)5-7-19(16)24(31)22-23(20-6-4-17(27)15-21(20)28)30(26(33)25(22)32)9-3-8-29-10-12-35-13-11-29/h4-7,14-15,23,31H,3,8-13H2,1-2H3. The Morgan fingerprint density at radius 3 is 2.57 bits per heavy atom. The molecule has 2 aromatic rings. The zero-order valence-corrected chi connectivity index (χ0v) is 21.2. The van der Waals surface area contributed by atoms with Crippen molar-refractivity contribution in [1.29, 1.82) is 0 Å². The highest BCUT2D eigenvalue weighted by atomic mass is 35.5. The molecular weight excluding hydrogens is 491 g/mol. The van der Waals surface area contributed by atoms with Crippen LogP contribution in [-0.2, 0) is 14.3 Å². The van der Waals surface area contributed by atoms with Gasteiger partial charge in [0.25, 0.3) is 5.91 Å². The number of ether oxygens (including phenoxy) is 2. The van der Waals surface area contributed by atoms with Crippen LogP contribution in [0.5, 0.6) is 5.75 Å². The molecule has 0 spiro atoms. The number of nitrogens with zero attached hydrogens (tertiary/aromatic N) is 1. The van der Waals surface area contributed by atoms with E-state index in [1.54, 1.807) is 50.4 Å². The van der Waals surface area contributed by atoms with Crippen molar-refractivity contribution in [3.8, 4) is 5.75 Å². The van der Waals surface area contributed by atoms with Crippen molar-refractivity contribution >= 4 is 40.7 Å². The number of benzene rings is 2. The van der Waals surface area contributed by atoms with Crippen LogP contribution in [0.15, 0.2) is 42.0 Å². The first-order valence-electron chi connectivity index (χ1n) is 11.6. The number of amides is 1. The summed E-state index contributed by atoms with van der Waals surface area (Å²) in [6, 6.07) is 9.00. The number of rotatable bonds is 7. The van der Waals surface area contributed by atoms with Crippen molar-refractivity contribution in [2.24, 2.45) is 0 Å². The fourth-order valence-electron chi connectivity index (χ4n) is 4.72. The van der Waals surface area contributed by atoms with Gasteiger partial charge in [-0.2, -0.15) is 0 Å². The Morgan fingerprint density at radius 2 is 1.91 bits per heavy atom. The Hall–Kier alpha value is -2.58. The van der Waals surface area contributed by atoms with Crippen LogP contribution in [0.4, 0.5) is 0 Å². The fourth-order valence-corrected chi connectivity index (χ4v) is 5.23. The molecule has 2 aliphatic rings. The molecule has 9 heteroatoms. The van der Waals surface area contributed by atoms with Crippen molar-refractivity contribution in [2.75, 3.05) is 46.5 Å². The molecule has 1 atom stereocenters. The van der Waals surface area contributed by atoms with Gasteiger partial charge in [0, 0.05) is 28.6 Å². The molecule has 186 valence electrons. The summed E-state index contributed by atoms with van der Waals surface area (Å²) < 4.78 is 10.6. The van der Waals surface area contributed by atoms with Gasteiger partial charge in [0.05, 0.1) is 32.9 Å². The minimum Gasteiger partial charge on any atom is -0.872 e. The molecule has 4 rings (SSSR count). The van der Waals surface area contributed by atoms with E-state index < -0.39 is 23.5 Å². The number of morpholine rings is 1. The van der Waals surface area contributed by atoms with E-state index in [9.17, 15) is 14.7 Å². The molecule has 0 aromatic heterocycles. The molecule has 1 unspecified atom stereocenters. The van der Waals surface area contributed by atoms with Crippen molar-refractivity contribution in [1.82, 2.24) is 4.90 Å². The number of likely N-dealkylation sites (tertiary alicyclic amines) is 1. The number of hydrogen-bond donors (Lipinski definition) is 1. The summed E-state index contributed by atoms with van der Waals surface area (Å²) in [5.74, 6) is -1.37. The molecule has 2 heterocycles. The van der Waals surface area contributed by atoms with E-state index in [4.69, 9.17) is 32.7 Å². The van der Waals surface area contributed by atoms with Gasteiger partial charge in [-0.15, -0.1) is 0 Å². The Morgan fingerprint density at radius 1 is 1.17 bits per heavy atom. The molecule has 2 fully saturated rings. The number of methoxy groups -OCH3 is 1. The number of aryl methyl sites for hydroxylation is 1. The lowest BCUT2D eigenvalue weighted by molar-refractivity contribution is -0.908. The Bertz CT molecular complexity index is 1160. The third kappa shape index (κ3) is 5.33. The molecule has 2 saturated heterocycles. The maximum atomic E-state index is 13.7. The number of Topliss-reactive ketones (excluding diaryl/α,β-unsaturated/α-hetero) is 1. The van der Waals surface area contributed by atoms with Crippen molar-refractivity contribution in [3.05, 3.63) is 68.7 Å². The number of hydrogen-bond acceptors (Lipinski definition) is 5. The summed E-state index contributed by atoms with van der Waals surface area (Å²) >= 11 is 12.6. The Balaban J connectivity index is 1.73. The normalized spacial score (nSPS) is 20.5. The van der Waals surface area contributed by atoms with Crippen molar-refractivity contribution < 1.29 is 29.1 Å². The van der Waals surface area contributed by atoms with Crippen LogP contribution in [0.3, 0.4) is 0 Å². The van der Waals surface area contributed by atoms with Crippen LogP contribution in [0.25, 0.3) is 5.76 Å². The first-order chi connectivity index (χ1) is 16.8. The maximum absolute atomic E-state index is 13.7. The van der Waals surface area contributed by atoms with Crippen molar-refractivity contribution in [3.63, 3.8) is 0 Å². The van der Waals surface area contributed by atoms with Crippen LogP contribution in [0.2, 0.25) is 10.0 Å². The van der Waals surface area contributed by atoms with Gasteiger partial charge in [0.2, 0.25) is 5.78 Å². The van der Waals surface area contributed by atoms with Gasteiger partial charge in [-0.1, -0.05) is 41.1 Å². The van der Waals surface area contributed by atoms with E-state index in [0.29, 0.717) is 58.7 Å². The number of nitrogens with one attached hydrogen (secondary N) is 1. The molecule has 35 heavy (non-hydrogen) atoms. The van der Waals surface area contributed by atoms with E-state index in [-0.39, 0.29) is 5.57 Å². The van der Waals surface area contributed by atoms with E-state index in [2.05, 4.69) is 0 Å². The van der Waals surface area contributed by atoms with E-state index in [1.807, 2.05) is 0 Å². The smallest absolute Gasteiger partial charge is 0.295 e. The number of quaternary nitrogens is 1. The van der Waals surface area contributed by atoms with Crippen LogP contribution in [0, 0.1) is 6.92 Å². The third-order valence-corrected chi connectivity index (χ3v) is 7.16. The predicted octanol–water partition coefficient (Wildman–Crippen LogP) is 1.84. The molecule has 2 aliphatic heterocycles. The summed E-state index contributed by atoms with van der Waals surface area (Å²) in [5, 5.41) is 14.4. The molecule has 0 radical (unpaired) electrons. The second-order valence-corrected chi connectivity index (χ2v) is 9.63. The van der Waals surface area contributed by atoms with Crippen LogP contribution >= 0.6 is 23.2 Å². The highest BCUT2D eigenvalue weighted by Crippen LogP contribution is 2.42. The van der Waals surface area contributed by atoms with Crippen molar-refractivity contribution in [2.45, 2.75) is 19.4 Å². The largest absolute Gasteiger partial charge is 0.872 e. The lowest BCUT2D eigenvalue weighted by Crippen LogP contribution is -3.14. The topological polar surface area (TPSA) is 83.3 Å². The third-order valence-electron chi connectivity index (χ3n) is 6.59. The summed E-state index contributed by atoms with van der Waals surface area (Å²) in [4.78, 5) is 29.3. The summed E-state index contributed by atoms with van der Waals surface area (Å²) in [6.07, 6.45) is 0.680. The van der Waals surface area contributed by atoms with Gasteiger partial charge in [0.15, 0.2) is 0 Å². The highest BCUT2D eigenvalue weighted by Gasteiger charge is 2.44. The second-order valence-electron chi connectivity index (χ2n) is 8.79. The first kappa shape index (κ1) is 25.5. The molecule has 1 amide bonds. The first-order valence-corrected chi connectivity index (χ1v) is 12.3. The molecule has 0 saturated carbocycles. The number of carbonyl (C=O) groups is 2. The number of halogens is 2.